The Labute approximate surface area is 133 Å². The van der Waals surface area contributed by atoms with E-state index in [1.54, 1.807) is 24.3 Å². The molecule has 4 nitrogen and oxygen atoms in total. The highest BCUT2D eigenvalue weighted by Crippen LogP contribution is 2.28. The van der Waals surface area contributed by atoms with E-state index in [4.69, 9.17) is 4.74 Å². The quantitative estimate of drug-likeness (QED) is 0.727. The molecule has 0 atom stereocenters. The molecule has 0 aliphatic rings. The van der Waals surface area contributed by atoms with Crippen molar-refractivity contribution in [3.05, 3.63) is 58.6 Å². The van der Waals surface area contributed by atoms with Crippen LogP contribution in [0.15, 0.2) is 47.3 Å². The first-order valence-corrected chi connectivity index (χ1v) is 7.61. The summed E-state index contributed by atoms with van der Waals surface area (Å²) in [7, 11) is 0. The molecule has 23 heavy (non-hydrogen) atoms. The van der Waals surface area contributed by atoms with Crippen LogP contribution in [0.25, 0.3) is 22.3 Å². The van der Waals surface area contributed by atoms with Crippen LogP contribution in [-0.4, -0.2) is 16.6 Å². The number of aromatic amines is 1. The Morgan fingerprint density at radius 1 is 1.22 bits per heavy atom. The first-order chi connectivity index (χ1) is 11.2. The summed E-state index contributed by atoms with van der Waals surface area (Å²) in [5, 5.41) is 0.520. The molecule has 0 radical (unpaired) electrons. The molecule has 0 fully saturated rings. The van der Waals surface area contributed by atoms with Gasteiger partial charge in [0.05, 0.1) is 23.1 Å². The lowest BCUT2D eigenvalue weighted by atomic mass is 10.1. The number of nitrogens with one attached hydrogen (secondary N) is 1. The average Bonchev–Trinajstić information content (AvgIpc) is 2.55. The Hall–Kier alpha value is -2.69. The number of halogens is 1. The summed E-state index contributed by atoms with van der Waals surface area (Å²) in [5.41, 5.74) is 0.940. The van der Waals surface area contributed by atoms with Gasteiger partial charge in [0.1, 0.15) is 17.4 Å². The maximum atomic E-state index is 13.5. The van der Waals surface area contributed by atoms with E-state index < -0.39 is 0 Å². The lowest BCUT2D eigenvalue weighted by Gasteiger charge is -2.11. The number of fused-ring (bicyclic) bond motifs is 1. The molecule has 0 unspecified atom stereocenters. The second-order valence-electron chi connectivity index (χ2n) is 5.27. The van der Waals surface area contributed by atoms with Crippen LogP contribution in [-0.2, 0) is 0 Å². The summed E-state index contributed by atoms with van der Waals surface area (Å²) in [4.78, 5) is 19.4. The van der Waals surface area contributed by atoms with Crippen molar-refractivity contribution < 1.29 is 9.13 Å². The molecule has 118 valence electrons. The van der Waals surface area contributed by atoms with Crippen molar-refractivity contribution in [2.45, 2.75) is 19.8 Å². The molecular formula is C18H17FN2O2. The average molecular weight is 312 g/mol. The van der Waals surface area contributed by atoms with Crippen LogP contribution >= 0.6 is 0 Å². The van der Waals surface area contributed by atoms with E-state index >= 15 is 0 Å². The fourth-order valence-electron chi connectivity index (χ4n) is 2.35. The van der Waals surface area contributed by atoms with Crippen molar-refractivity contribution in [2.24, 2.45) is 0 Å². The van der Waals surface area contributed by atoms with Gasteiger partial charge in [0.25, 0.3) is 5.56 Å². The highest BCUT2D eigenvalue weighted by Gasteiger charge is 2.12. The van der Waals surface area contributed by atoms with Gasteiger partial charge in [-0.3, -0.25) is 4.79 Å². The molecule has 0 spiro atoms. The predicted octanol–water partition coefficient (Wildman–Crippen LogP) is 3.91. The zero-order chi connectivity index (χ0) is 16.2. The minimum atomic E-state index is -0.386. The van der Waals surface area contributed by atoms with Crippen molar-refractivity contribution in [1.29, 1.82) is 0 Å². The fourth-order valence-corrected chi connectivity index (χ4v) is 2.35. The van der Waals surface area contributed by atoms with Gasteiger partial charge in [-0.1, -0.05) is 25.5 Å². The molecule has 0 saturated carbocycles. The second kappa shape index (κ2) is 6.60. The van der Waals surface area contributed by atoms with E-state index in [2.05, 4.69) is 16.9 Å². The van der Waals surface area contributed by atoms with Crippen LogP contribution in [0.1, 0.15) is 19.8 Å². The molecule has 0 bridgehead atoms. The molecule has 0 aliphatic heterocycles. The highest BCUT2D eigenvalue weighted by atomic mass is 19.1. The summed E-state index contributed by atoms with van der Waals surface area (Å²) in [6.07, 6.45) is 1.85. The summed E-state index contributed by atoms with van der Waals surface area (Å²) >= 11 is 0. The van der Waals surface area contributed by atoms with E-state index in [9.17, 15) is 9.18 Å². The predicted molar refractivity (Wildman–Crippen MR) is 88.2 cm³/mol. The van der Waals surface area contributed by atoms with Crippen LogP contribution in [0.4, 0.5) is 4.39 Å². The van der Waals surface area contributed by atoms with E-state index in [0.717, 1.165) is 12.8 Å². The molecule has 0 amide bonds. The third-order valence-electron chi connectivity index (χ3n) is 3.57. The largest absolute Gasteiger partial charge is 0.493 e. The first kappa shape index (κ1) is 15.2. The van der Waals surface area contributed by atoms with Gasteiger partial charge in [0.15, 0.2) is 0 Å². The Morgan fingerprint density at radius 2 is 2.04 bits per heavy atom. The second-order valence-corrected chi connectivity index (χ2v) is 5.27. The summed E-state index contributed by atoms with van der Waals surface area (Å²) in [5.74, 6) is 0.375. The van der Waals surface area contributed by atoms with Crippen molar-refractivity contribution in [1.82, 2.24) is 9.97 Å². The van der Waals surface area contributed by atoms with Gasteiger partial charge in [-0.2, -0.15) is 0 Å². The Bertz CT molecular complexity index is 890. The maximum absolute atomic E-state index is 13.5. The van der Waals surface area contributed by atoms with Gasteiger partial charge in [0.2, 0.25) is 0 Å². The van der Waals surface area contributed by atoms with Crippen LogP contribution < -0.4 is 10.3 Å². The molecule has 0 aliphatic carbocycles. The number of unbranched alkanes of at least 4 members (excludes halogenated alkanes) is 1. The molecule has 1 aromatic heterocycles. The third-order valence-corrected chi connectivity index (χ3v) is 3.57. The molecular weight excluding hydrogens is 295 g/mol. The van der Waals surface area contributed by atoms with Crippen LogP contribution in [0, 0.1) is 5.82 Å². The fraction of sp³-hybridized carbons (Fsp3) is 0.222. The number of benzene rings is 2. The monoisotopic (exact) mass is 312 g/mol. The molecule has 1 N–H and O–H groups in total. The van der Waals surface area contributed by atoms with E-state index in [-0.39, 0.29) is 11.4 Å². The smallest absolute Gasteiger partial charge is 0.259 e. The molecule has 5 heteroatoms. The van der Waals surface area contributed by atoms with Gasteiger partial charge in [0, 0.05) is 6.07 Å². The number of rotatable bonds is 5. The summed E-state index contributed by atoms with van der Waals surface area (Å²) in [6, 6.07) is 11.3. The Kier molecular flexibility index (Phi) is 4.37. The minimum Gasteiger partial charge on any atom is -0.493 e. The molecule has 2 aromatic carbocycles. The number of hydrogen-bond donors (Lipinski definition) is 1. The number of hydrogen-bond acceptors (Lipinski definition) is 3. The highest BCUT2D eigenvalue weighted by molar-refractivity contribution is 5.80. The van der Waals surface area contributed by atoms with E-state index in [0.29, 0.717) is 34.6 Å². The SMILES string of the molecule is CCCCOc1cc(F)ccc1-c1nc2ccccc2c(=O)[nH]1. The first-order valence-electron chi connectivity index (χ1n) is 7.61. The van der Waals surface area contributed by atoms with Crippen LogP contribution in [0.3, 0.4) is 0 Å². The summed E-state index contributed by atoms with van der Waals surface area (Å²) < 4.78 is 19.2. The Morgan fingerprint density at radius 3 is 2.87 bits per heavy atom. The number of para-hydroxylation sites is 1. The Balaban J connectivity index is 2.09. The number of ether oxygens (including phenoxy) is 1. The van der Waals surface area contributed by atoms with Crippen molar-refractivity contribution >= 4 is 10.9 Å². The normalized spacial score (nSPS) is 10.9. The third kappa shape index (κ3) is 3.23. The molecule has 0 saturated heterocycles. The maximum Gasteiger partial charge on any atom is 0.259 e. The van der Waals surface area contributed by atoms with Crippen molar-refractivity contribution in [3.63, 3.8) is 0 Å². The number of nitrogens with zero attached hydrogens (tertiary/aromatic N) is 1. The minimum absolute atomic E-state index is 0.227. The van der Waals surface area contributed by atoms with Crippen molar-refractivity contribution in [2.75, 3.05) is 6.61 Å². The zero-order valence-corrected chi connectivity index (χ0v) is 12.8. The van der Waals surface area contributed by atoms with Crippen molar-refractivity contribution in [3.8, 4) is 17.1 Å². The van der Waals surface area contributed by atoms with Gasteiger partial charge >= 0.3 is 0 Å². The van der Waals surface area contributed by atoms with Gasteiger partial charge in [-0.05, 0) is 30.7 Å². The summed E-state index contributed by atoms with van der Waals surface area (Å²) in [6.45, 7) is 2.54. The van der Waals surface area contributed by atoms with Gasteiger partial charge in [-0.25, -0.2) is 9.37 Å². The number of aromatic nitrogens is 2. The van der Waals surface area contributed by atoms with E-state index in [1.807, 2.05) is 6.07 Å². The van der Waals surface area contributed by atoms with Crippen LogP contribution in [0.2, 0.25) is 0 Å². The molecule has 1 heterocycles. The topological polar surface area (TPSA) is 55.0 Å². The van der Waals surface area contributed by atoms with Crippen LogP contribution in [0.5, 0.6) is 5.75 Å². The standard InChI is InChI=1S/C18H17FN2O2/c1-2-3-10-23-16-11-12(19)8-9-14(16)17-20-15-7-5-4-6-13(15)18(22)21-17/h4-9,11H,2-3,10H2,1H3,(H,20,21,22). The number of H-pyrrole nitrogens is 1. The molecule has 3 rings (SSSR count). The van der Waals surface area contributed by atoms with E-state index in [1.165, 1.54) is 12.1 Å². The zero-order valence-electron chi connectivity index (χ0n) is 12.8. The molecule has 3 aromatic rings. The lowest BCUT2D eigenvalue weighted by Crippen LogP contribution is -2.10. The van der Waals surface area contributed by atoms with Gasteiger partial charge in [-0.15, -0.1) is 0 Å². The lowest BCUT2D eigenvalue weighted by molar-refractivity contribution is 0.309. The van der Waals surface area contributed by atoms with Gasteiger partial charge < -0.3 is 9.72 Å².